The average Bonchev–Trinajstić information content (AvgIpc) is 2.30. The van der Waals surface area contributed by atoms with Gasteiger partial charge in [-0.05, 0) is 5.56 Å². The van der Waals surface area contributed by atoms with Gasteiger partial charge in [0.1, 0.15) is 6.04 Å². The third-order valence-corrected chi connectivity index (χ3v) is 2.82. The van der Waals surface area contributed by atoms with Gasteiger partial charge in [-0.15, -0.1) is 0 Å². The van der Waals surface area contributed by atoms with Crippen LogP contribution >= 0.6 is 0 Å². The molecule has 0 heterocycles. The number of rotatable bonds is 6. The van der Waals surface area contributed by atoms with Crippen molar-refractivity contribution in [3.05, 3.63) is 35.9 Å². The van der Waals surface area contributed by atoms with E-state index in [-0.39, 0.29) is 0 Å². The Kier molecular flexibility index (Phi) is 4.46. The molecular formula is C12H15BNO3. The lowest BCUT2D eigenvalue weighted by molar-refractivity contribution is -0.140. The summed E-state index contributed by atoms with van der Waals surface area (Å²) in [6.07, 6.45) is 0.539. The van der Waals surface area contributed by atoms with E-state index in [0.717, 1.165) is 13.0 Å². The molecule has 1 aromatic rings. The van der Waals surface area contributed by atoms with Crippen molar-refractivity contribution in [1.29, 1.82) is 0 Å². The number of hydrogen-bond acceptors (Lipinski definition) is 3. The highest BCUT2D eigenvalue weighted by atomic mass is 16.4. The smallest absolute Gasteiger partial charge is 0.320 e. The zero-order valence-corrected chi connectivity index (χ0v) is 9.88. The van der Waals surface area contributed by atoms with Crippen LogP contribution in [0.15, 0.2) is 30.3 Å². The van der Waals surface area contributed by atoms with Gasteiger partial charge < -0.3 is 15.1 Å². The first-order valence-electron chi connectivity index (χ1n) is 5.31. The van der Waals surface area contributed by atoms with E-state index in [4.69, 9.17) is 0 Å². The van der Waals surface area contributed by atoms with Crippen LogP contribution in [0.1, 0.15) is 19.4 Å². The Bertz CT molecular complexity index is 392. The van der Waals surface area contributed by atoms with Crippen LogP contribution in [-0.4, -0.2) is 30.7 Å². The molecule has 0 aromatic heterocycles. The van der Waals surface area contributed by atoms with Gasteiger partial charge in [0.2, 0.25) is 0 Å². The lowest BCUT2D eigenvalue weighted by Gasteiger charge is -2.32. The van der Waals surface area contributed by atoms with Gasteiger partial charge in [0.05, 0.1) is 6.19 Å². The number of carbonyl (C=O) groups excluding carboxylic acids is 1. The molecule has 0 saturated carbocycles. The van der Waals surface area contributed by atoms with Gasteiger partial charge in [-0.1, -0.05) is 44.2 Å². The molecule has 1 radical (unpaired) electrons. The summed E-state index contributed by atoms with van der Waals surface area (Å²) in [6.45, 7) is 3.65. The maximum atomic E-state index is 11.2. The molecule has 1 atom stereocenters. The summed E-state index contributed by atoms with van der Waals surface area (Å²) >= 11 is 0. The Morgan fingerprint density at radius 3 is 2.47 bits per heavy atom. The quantitative estimate of drug-likeness (QED) is 0.562. The molecule has 0 fully saturated rings. The molecule has 4 nitrogen and oxygen atoms in total. The fourth-order valence-electron chi connectivity index (χ4n) is 1.76. The zero-order chi connectivity index (χ0) is 12.9. The minimum Gasteiger partial charge on any atom is -0.480 e. The van der Waals surface area contributed by atoms with Crippen molar-refractivity contribution in [1.82, 2.24) is 5.23 Å². The number of aliphatic carboxylic acids is 1. The SMILES string of the molecule is CC(C)(c1ccccc1)[C@H](N[B]C=O)C(=O)O. The second-order valence-corrected chi connectivity index (χ2v) is 4.33. The van der Waals surface area contributed by atoms with Crippen LogP contribution in [0.25, 0.3) is 0 Å². The van der Waals surface area contributed by atoms with Crippen molar-refractivity contribution in [3.8, 4) is 0 Å². The molecule has 0 aliphatic carbocycles. The highest BCUT2D eigenvalue weighted by molar-refractivity contribution is 6.64. The molecule has 0 aliphatic heterocycles. The Hall–Kier alpha value is -1.62. The van der Waals surface area contributed by atoms with Crippen LogP contribution < -0.4 is 5.23 Å². The standard InChI is InChI=1S/C12H15BNO3/c1-12(2,9-6-4-3-5-7-9)10(11(16)17)14-13-8-15/h3-8,10,14H,1-2H3,(H,16,17)/t10-/m1/s1. The molecule has 0 spiro atoms. The molecule has 1 aromatic carbocycles. The van der Waals surface area contributed by atoms with E-state index < -0.39 is 17.4 Å². The lowest BCUT2D eigenvalue weighted by Crippen LogP contribution is -2.51. The number of carbonyl (C=O) groups is 2. The summed E-state index contributed by atoms with van der Waals surface area (Å²) in [7, 11) is 1.11. The average molecular weight is 232 g/mol. The van der Waals surface area contributed by atoms with Gasteiger partial charge in [0.15, 0.2) is 0 Å². The van der Waals surface area contributed by atoms with Crippen molar-refractivity contribution in [3.63, 3.8) is 0 Å². The van der Waals surface area contributed by atoms with Crippen molar-refractivity contribution in [2.45, 2.75) is 25.3 Å². The minimum atomic E-state index is -0.989. The second-order valence-electron chi connectivity index (χ2n) is 4.33. The largest absolute Gasteiger partial charge is 0.480 e. The molecular weight excluding hydrogens is 217 g/mol. The third kappa shape index (κ3) is 3.17. The molecule has 89 valence electrons. The van der Waals surface area contributed by atoms with E-state index in [1.807, 2.05) is 44.2 Å². The van der Waals surface area contributed by atoms with Crippen LogP contribution in [-0.2, 0) is 15.0 Å². The highest BCUT2D eigenvalue weighted by Gasteiger charge is 2.36. The van der Waals surface area contributed by atoms with Crippen molar-refractivity contribution >= 4 is 19.6 Å². The van der Waals surface area contributed by atoms with Crippen molar-refractivity contribution in [2.24, 2.45) is 0 Å². The van der Waals surface area contributed by atoms with Crippen LogP contribution in [0.2, 0.25) is 0 Å². The Labute approximate surface area is 101 Å². The highest BCUT2D eigenvalue weighted by Crippen LogP contribution is 2.27. The third-order valence-electron chi connectivity index (χ3n) is 2.82. The minimum absolute atomic E-state index is 0.539. The normalized spacial score (nSPS) is 12.8. The summed E-state index contributed by atoms with van der Waals surface area (Å²) in [4.78, 5) is 21.5. The second kappa shape index (κ2) is 5.64. The Balaban J connectivity index is 2.99. The van der Waals surface area contributed by atoms with Crippen molar-refractivity contribution in [2.75, 3.05) is 0 Å². The number of hydrogen-bond donors (Lipinski definition) is 2. The fraction of sp³-hybridized carbons (Fsp3) is 0.333. The summed E-state index contributed by atoms with van der Waals surface area (Å²) in [6, 6.07) is 8.49. The van der Waals surface area contributed by atoms with Gasteiger partial charge in [0, 0.05) is 5.41 Å². The predicted octanol–water partition coefficient (Wildman–Crippen LogP) is 0.816. The molecule has 1 rings (SSSR count). The van der Waals surface area contributed by atoms with Gasteiger partial charge in [0.25, 0.3) is 7.41 Å². The molecule has 0 bridgehead atoms. The van der Waals surface area contributed by atoms with Gasteiger partial charge in [-0.2, -0.15) is 0 Å². The Morgan fingerprint density at radius 1 is 1.41 bits per heavy atom. The van der Waals surface area contributed by atoms with Gasteiger partial charge >= 0.3 is 5.97 Å². The molecule has 0 saturated heterocycles. The van der Waals surface area contributed by atoms with E-state index in [2.05, 4.69) is 5.23 Å². The summed E-state index contributed by atoms with van der Waals surface area (Å²) in [5.41, 5.74) is 0.284. The molecule has 5 heteroatoms. The fourth-order valence-corrected chi connectivity index (χ4v) is 1.76. The summed E-state index contributed by atoms with van der Waals surface area (Å²) in [5, 5.41) is 11.8. The van der Waals surface area contributed by atoms with Crippen LogP contribution in [0.5, 0.6) is 0 Å². The zero-order valence-electron chi connectivity index (χ0n) is 9.88. The molecule has 17 heavy (non-hydrogen) atoms. The number of carboxylic acid groups (broad SMARTS) is 1. The van der Waals surface area contributed by atoms with Gasteiger partial charge in [-0.3, -0.25) is 4.79 Å². The van der Waals surface area contributed by atoms with E-state index >= 15 is 0 Å². The Morgan fingerprint density at radius 2 is 2.00 bits per heavy atom. The maximum Gasteiger partial charge on any atom is 0.320 e. The predicted molar refractivity (Wildman–Crippen MR) is 66.5 cm³/mol. The van der Waals surface area contributed by atoms with Crippen molar-refractivity contribution < 1.29 is 14.7 Å². The van der Waals surface area contributed by atoms with Crippen LogP contribution in [0, 0.1) is 0 Å². The summed E-state index contributed by atoms with van der Waals surface area (Å²) in [5.74, 6) is -0.989. The monoisotopic (exact) mass is 232 g/mol. The van der Waals surface area contributed by atoms with E-state index in [1.54, 1.807) is 0 Å². The number of benzene rings is 1. The van der Waals surface area contributed by atoms with E-state index in [9.17, 15) is 14.7 Å². The molecule has 0 aliphatic rings. The molecule has 0 amide bonds. The first kappa shape index (κ1) is 13.4. The molecule has 0 unspecified atom stereocenters. The number of carboxylic acids is 1. The first-order chi connectivity index (χ1) is 8.00. The van der Waals surface area contributed by atoms with Crippen LogP contribution in [0.4, 0.5) is 0 Å². The molecule has 2 N–H and O–H groups in total. The summed E-state index contributed by atoms with van der Waals surface area (Å²) < 4.78 is 0. The van der Waals surface area contributed by atoms with Crippen LogP contribution in [0.3, 0.4) is 0 Å². The lowest BCUT2D eigenvalue weighted by atomic mass is 9.75. The maximum absolute atomic E-state index is 11.2. The first-order valence-corrected chi connectivity index (χ1v) is 5.31. The van der Waals surface area contributed by atoms with E-state index in [0.29, 0.717) is 6.19 Å². The topological polar surface area (TPSA) is 66.4 Å². The van der Waals surface area contributed by atoms with Gasteiger partial charge in [-0.25, -0.2) is 0 Å². The number of nitrogens with one attached hydrogen (secondary N) is 1. The van der Waals surface area contributed by atoms with E-state index in [1.165, 1.54) is 0 Å².